The van der Waals surface area contributed by atoms with E-state index < -0.39 is 0 Å². The summed E-state index contributed by atoms with van der Waals surface area (Å²) in [5.74, 6) is 0. The van der Waals surface area contributed by atoms with Crippen LogP contribution >= 0.6 is 0 Å². The van der Waals surface area contributed by atoms with E-state index in [9.17, 15) is 0 Å². The monoisotopic (exact) mass is 630 g/mol. The molecule has 2 aromatic rings. The summed E-state index contributed by atoms with van der Waals surface area (Å²) in [6.45, 7) is 13.7. The van der Waals surface area contributed by atoms with E-state index in [2.05, 4.69) is 77.9 Å². The van der Waals surface area contributed by atoms with Crippen LogP contribution in [0.3, 0.4) is 0 Å². The number of benzene rings is 2. The molecule has 0 aliphatic rings. The smallest absolute Gasteiger partial charge is 0.0636 e. The Morgan fingerprint density at radius 1 is 0.442 bits per heavy atom. The quantitative estimate of drug-likeness (QED) is 0.0662. The molecule has 2 aromatic carbocycles. The van der Waals surface area contributed by atoms with Crippen LogP contribution in [0.2, 0.25) is 0 Å². The van der Waals surface area contributed by atoms with Crippen LogP contribution in [-0.4, -0.2) is 11.4 Å². The number of aryl methyl sites for hydroxylation is 4. The van der Waals surface area contributed by atoms with Crippen molar-refractivity contribution in [1.29, 1.82) is 0 Å². The third-order valence-corrected chi connectivity index (χ3v) is 8.58. The third-order valence-electron chi connectivity index (χ3n) is 8.58. The first-order valence-electron chi connectivity index (χ1n) is 18.0. The predicted octanol–water partition coefficient (Wildman–Crippen LogP) is 13.1. The molecule has 0 aliphatic carbocycles. The molecule has 2 nitrogen and oxygen atoms in total. The first-order valence-corrected chi connectivity index (χ1v) is 18.0. The van der Waals surface area contributed by atoms with Crippen molar-refractivity contribution in [3.63, 3.8) is 0 Å². The van der Waals surface area contributed by atoms with E-state index >= 15 is 0 Å². The normalized spacial score (nSPS) is 12.0. The zero-order valence-corrected chi connectivity index (χ0v) is 29.8. The van der Waals surface area contributed by atoms with Gasteiger partial charge in [-0.25, -0.2) is 0 Å². The number of aliphatic imine (C=N–C) groups is 2. The largest absolute Gasteiger partial charge is 0.252 e. The fourth-order valence-corrected chi connectivity index (χ4v) is 6.04. The summed E-state index contributed by atoms with van der Waals surface area (Å²) in [5.41, 5.74) is 10.5. The van der Waals surface area contributed by atoms with E-state index in [-0.39, 0.29) is 16.5 Å². The zero-order valence-electron chi connectivity index (χ0n) is 28.8. The molecular weight excluding hydrogens is 567 g/mol. The Kier molecular flexibility index (Phi) is 22.5. The molecule has 0 radical (unpaired) electrons. The van der Waals surface area contributed by atoms with Crippen molar-refractivity contribution in [1.82, 2.24) is 0 Å². The minimum absolute atomic E-state index is 0. The molecule has 0 amide bonds. The zero-order chi connectivity index (χ0) is 30.4. The maximum atomic E-state index is 5.42. The van der Waals surface area contributed by atoms with Gasteiger partial charge in [0.05, 0.1) is 22.8 Å². The molecular formula is C40H64N2Ni. The van der Waals surface area contributed by atoms with E-state index in [0.717, 1.165) is 49.9 Å². The number of hydrogen-bond donors (Lipinski definition) is 0. The van der Waals surface area contributed by atoms with Crippen LogP contribution in [0.15, 0.2) is 46.4 Å². The molecule has 0 saturated heterocycles. The van der Waals surface area contributed by atoms with Crippen molar-refractivity contribution in [2.75, 3.05) is 0 Å². The molecule has 0 aromatic heterocycles. The van der Waals surface area contributed by atoms with Crippen LogP contribution in [0.25, 0.3) is 0 Å². The topological polar surface area (TPSA) is 24.7 Å². The average molecular weight is 632 g/mol. The van der Waals surface area contributed by atoms with Crippen LogP contribution < -0.4 is 0 Å². The molecule has 0 fully saturated rings. The number of rotatable bonds is 23. The van der Waals surface area contributed by atoms with Gasteiger partial charge in [-0.3, -0.25) is 9.98 Å². The molecule has 0 bridgehead atoms. The van der Waals surface area contributed by atoms with Gasteiger partial charge in [0, 0.05) is 16.5 Å². The first-order chi connectivity index (χ1) is 20.6. The number of unbranched alkanes of at least 4 members (excludes halogenated alkanes) is 10. The molecule has 2 rings (SSSR count). The molecule has 0 spiro atoms. The number of nitrogens with zero attached hydrogens (tertiary/aromatic N) is 2. The number of hydrogen-bond acceptors (Lipinski definition) is 2. The van der Waals surface area contributed by atoms with Crippen molar-refractivity contribution < 1.29 is 16.5 Å². The Bertz CT molecular complexity index is 1070. The van der Waals surface area contributed by atoms with Crippen LogP contribution in [0, 0.1) is 0 Å². The molecule has 3 heteroatoms. The maximum Gasteiger partial charge on any atom is 0.0636 e. The van der Waals surface area contributed by atoms with E-state index in [0.29, 0.717) is 0 Å². The van der Waals surface area contributed by atoms with Crippen LogP contribution in [0.4, 0.5) is 11.4 Å². The summed E-state index contributed by atoms with van der Waals surface area (Å²) in [6, 6.07) is 13.9. The Labute approximate surface area is 277 Å². The molecule has 0 aliphatic heterocycles. The summed E-state index contributed by atoms with van der Waals surface area (Å²) >= 11 is 0. The van der Waals surface area contributed by atoms with Gasteiger partial charge < -0.3 is 0 Å². The van der Waals surface area contributed by atoms with Crippen LogP contribution in [0.5, 0.6) is 0 Å². The Hall–Kier alpha value is -1.73. The Morgan fingerprint density at radius 3 is 1.33 bits per heavy atom. The first kappa shape index (κ1) is 39.3. The fraction of sp³-hybridized carbons (Fsp3) is 0.650. The van der Waals surface area contributed by atoms with Crippen molar-refractivity contribution in [2.24, 2.45) is 9.98 Å². The standard InChI is InChI=1S/C40H64N2.Ni/c1-7-13-15-17-19-21-25-39(41-37-29-27-33(11-5)34(12-6)31-37)40(26-22-20-18-16-14-8-2)42-38-30-28-35(23-9-3)36(32-38)24-10-4;/h27-32H,7-26H2,1-6H3;. The van der Waals surface area contributed by atoms with Crippen LogP contribution in [0.1, 0.15) is 167 Å². The van der Waals surface area contributed by atoms with Crippen molar-refractivity contribution in [3.05, 3.63) is 58.7 Å². The maximum absolute atomic E-state index is 5.42. The van der Waals surface area contributed by atoms with Crippen LogP contribution in [-0.2, 0) is 42.2 Å². The second-order valence-electron chi connectivity index (χ2n) is 12.3. The summed E-state index contributed by atoms with van der Waals surface area (Å²) in [4.78, 5) is 10.8. The van der Waals surface area contributed by atoms with Gasteiger partial charge in [0.2, 0.25) is 0 Å². The molecule has 43 heavy (non-hydrogen) atoms. The van der Waals surface area contributed by atoms with Gasteiger partial charge in [-0.05, 0) is 97.9 Å². The van der Waals surface area contributed by atoms with Gasteiger partial charge in [-0.1, -0.05) is 131 Å². The molecule has 0 heterocycles. The van der Waals surface area contributed by atoms with Gasteiger partial charge in [0.25, 0.3) is 0 Å². The Balaban J connectivity index is 0.00000924. The predicted molar refractivity (Wildman–Crippen MR) is 190 cm³/mol. The van der Waals surface area contributed by atoms with E-state index in [4.69, 9.17) is 9.98 Å². The van der Waals surface area contributed by atoms with Gasteiger partial charge in [0.15, 0.2) is 0 Å². The molecule has 0 atom stereocenters. The Morgan fingerprint density at radius 2 is 0.860 bits per heavy atom. The van der Waals surface area contributed by atoms with Gasteiger partial charge in [-0.2, -0.15) is 0 Å². The minimum Gasteiger partial charge on any atom is -0.252 e. The molecule has 0 saturated carbocycles. The average Bonchev–Trinajstić information content (AvgIpc) is 3.00. The molecule has 0 N–H and O–H groups in total. The van der Waals surface area contributed by atoms with Gasteiger partial charge in [0.1, 0.15) is 0 Å². The SMILES string of the molecule is CCCCCCCCC(=Nc1ccc(CC)c(CC)c1)C(CCCCCCCC)=Nc1ccc(CCC)c(CCC)c1.[Ni]. The molecule has 244 valence electrons. The van der Waals surface area contributed by atoms with E-state index in [1.165, 1.54) is 124 Å². The second-order valence-corrected chi connectivity index (χ2v) is 12.3. The summed E-state index contributed by atoms with van der Waals surface area (Å²) < 4.78 is 0. The third kappa shape index (κ3) is 15.2. The van der Waals surface area contributed by atoms with E-state index in [1.54, 1.807) is 0 Å². The second kappa shape index (κ2) is 24.6. The van der Waals surface area contributed by atoms with Crippen molar-refractivity contribution >= 4 is 22.8 Å². The minimum atomic E-state index is 0. The summed E-state index contributed by atoms with van der Waals surface area (Å²) in [7, 11) is 0. The molecule has 0 unspecified atom stereocenters. The fourth-order valence-electron chi connectivity index (χ4n) is 6.04. The van der Waals surface area contributed by atoms with Gasteiger partial charge >= 0.3 is 0 Å². The summed E-state index contributed by atoms with van der Waals surface area (Å²) in [6.07, 6.45) is 24.4. The van der Waals surface area contributed by atoms with Crippen molar-refractivity contribution in [2.45, 2.75) is 170 Å². The van der Waals surface area contributed by atoms with E-state index in [1.807, 2.05) is 0 Å². The van der Waals surface area contributed by atoms with Gasteiger partial charge in [-0.15, -0.1) is 0 Å². The summed E-state index contributed by atoms with van der Waals surface area (Å²) in [5, 5.41) is 0. The van der Waals surface area contributed by atoms with Crippen molar-refractivity contribution in [3.8, 4) is 0 Å².